The Bertz CT molecular complexity index is 520. The lowest BCUT2D eigenvalue weighted by Gasteiger charge is -2.20. The molecule has 0 saturated carbocycles. The molecule has 1 N–H and O–H groups in total. The summed E-state index contributed by atoms with van der Waals surface area (Å²) in [7, 11) is 0. The van der Waals surface area contributed by atoms with Gasteiger partial charge in [0.2, 0.25) is 11.8 Å². The van der Waals surface area contributed by atoms with Gasteiger partial charge in [-0.05, 0) is 39.5 Å². The lowest BCUT2D eigenvalue weighted by Crippen LogP contribution is -2.34. The first kappa shape index (κ1) is 17.5. The lowest BCUT2D eigenvalue weighted by atomic mass is 10.1. The van der Waals surface area contributed by atoms with Crippen LogP contribution in [0.1, 0.15) is 55.5 Å². The number of hydrogen-bond donors (Lipinski definition) is 1. The molecule has 0 aromatic carbocycles. The van der Waals surface area contributed by atoms with Crippen LogP contribution in [0.25, 0.3) is 0 Å². The first-order valence-corrected chi connectivity index (χ1v) is 8.54. The third-order valence-electron chi connectivity index (χ3n) is 4.38. The number of carbonyl (C=O) groups excluding carboxylic acids is 2. The van der Waals surface area contributed by atoms with Gasteiger partial charge in [0.1, 0.15) is 5.76 Å². The Morgan fingerprint density at radius 3 is 2.87 bits per heavy atom. The smallest absolute Gasteiger partial charge is 0.222 e. The van der Waals surface area contributed by atoms with Gasteiger partial charge in [-0.25, -0.2) is 0 Å². The second kappa shape index (κ2) is 8.70. The van der Waals surface area contributed by atoms with E-state index in [-0.39, 0.29) is 11.8 Å². The van der Waals surface area contributed by atoms with Crippen LogP contribution < -0.4 is 5.32 Å². The predicted octanol–water partition coefficient (Wildman–Crippen LogP) is 2.13. The fourth-order valence-corrected chi connectivity index (χ4v) is 2.96. The highest BCUT2D eigenvalue weighted by Gasteiger charge is 2.16. The summed E-state index contributed by atoms with van der Waals surface area (Å²) in [4.78, 5) is 25.7. The van der Waals surface area contributed by atoms with Crippen LogP contribution in [0, 0.1) is 13.8 Å². The van der Waals surface area contributed by atoms with Gasteiger partial charge in [0.25, 0.3) is 0 Å². The summed E-state index contributed by atoms with van der Waals surface area (Å²) in [5, 5.41) is 6.82. The van der Waals surface area contributed by atoms with Gasteiger partial charge in [-0.3, -0.25) is 9.59 Å². The number of nitrogens with zero attached hydrogens (tertiary/aromatic N) is 2. The Balaban J connectivity index is 1.62. The van der Waals surface area contributed by atoms with Crippen LogP contribution in [0.4, 0.5) is 0 Å². The Hall–Kier alpha value is -1.85. The molecule has 128 valence electrons. The molecule has 2 heterocycles. The van der Waals surface area contributed by atoms with Crippen molar-refractivity contribution in [1.29, 1.82) is 0 Å². The standard InChI is InChI=1S/C17H27N3O3/c1-13-15(14(2)23-19-13)8-9-16(21)18-10-6-12-20-11-5-3-4-7-17(20)22/h3-12H2,1-2H3,(H,18,21). The summed E-state index contributed by atoms with van der Waals surface area (Å²) in [6.07, 6.45) is 5.81. The highest BCUT2D eigenvalue weighted by molar-refractivity contribution is 5.76. The molecule has 1 fully saturated rings. The molecule has 1 aliphatic rings. The average molecular weight is 321 g/mol. The Labute approximate surface area is 137 Å². The van der Waals surface area contributed by atoms with Gasteiger partial charge in [-0.1, -0.05) is 11.6 Å². The van der Waals surface area contributed by atoms with E-state index in [1.807, 2.05) is 18.7 Å². The number of nitrogens with one attached hydrogen (secondary N) is 1. The number of carbonyl (C=O) groups is 2. The summed E-state index contributed by atoms with van der Waals surface area (Å²) in [6.45, 7) is 5.97. The van der Waals surface area contributed by atoms with E-state index in [1.165, 1.54) is 0 Å². The van der Waals surface area contributed by atoms with E-state index in [2.05, 4.69) is 10.5 Å². The molecule has 0 bridgehead atoms. The largest absolute Gasteiger partial charge is 0.361 e. The second-order valence-corrected chi connectivity index (χ2v) is 6.20. The Morgan fingerprint density at radius 1 is 1.30 bits per heavy atom. The zero-order valence-corrected chi connectivity index (χ0v) is 14.2. The molecule has 0 spiro atoms. The van der Waals surface area contributed by atoms with Crippen molar-refractivity contribution >= 4 is 11.8 Å². The SMILES string of the molecule is Cc1noc(C)c1CCC(=O)NCCCN1CCCCCC1=O. The summed E-state index contributed by atoms with van der Waals surface area (Å²) in [5.41, 5.74) is 1.88. The lowest BCUT2D eigenvalue weighted by molar-refractivity contribution is -0.130. The molecule has 0 radical (unpaired) electrons. The quantitative estimate of drug-likeness (QED) is 0.781. The van der Waals surface area contributed by atoms with Crippen LogP contribution in [-0.4, -0.2) is 41.5 Å². The van der Waals surface area contributed by atoms with Crippen molar-refractivity contribution in [3.63, 3.8) is 0 Å². The molecule has 6 heteroatoms. The molecule has 1 aromatic rings. The van der Waals surface area contributed by atoms with Crippen LogP contribution >= 0.6 is 0 Å². The Kier molecular flexibility index (Phi) is 6.62. The minimum Gasteiger partial charge on any atom is -0.361 e. The fourth-order valence-electron chi connectivity index (χ4n) is 2.96. The van der Waals surface area contributed by atoms with Crippen molar-refractivity contribution in [3.8, 4) is 0 Å². The normalized spacial score (nSPS) is 15.6. The van der Waals surface area contributed by atoms with Gasteiger partial charge >= 0.3 is 0 Å². The highest BCUT2D eigenvalue weighted by atomic mass is 16.5. The summed E-state index contributed by atoms with van der Waals surface area (Å²) < 4.78 is 5.09. The topological polar surface area (TPSA) is 75.4 Å². The van der Waals surface area contributed by atoms with Gasteiger partial charge in [-0.2, -0.15) is 0 Å². The van der Waals surface area contributed by atoms with Crippen molar-refractivity contribution in [1.82, 2.24) is 15.4 Å². The van der Waals surface area contributed by atoms with Crippen LogP contribution in [0.5, 0.6) is 0 Å². The van der Waals surface area contributed by atoms with E-state index >= 15 is 0 Å². The molecule has 0 aliphatic carbocycles. The summed E-state index contributed by atoms with van der Waals surface area (Å²) >= 11 is 0. The first-order chi connectivity index (χ1) is 11.1. The van der Waals surface area contributed by atoms with Crippen molar-refractivity contribution < 1.29 is 14.1 Å². The van der Waals surface area contributed by atoms with Crippen molar-refractivity contribution in [3.05, 3.63) is 17.0 Å². The second-order valence-electron chi connectivity index (χ2n) is 6.20. The van der Waals surface area contributed by atoms with Gasteiger partial charge in [-0.15, -0.1) is 0 Å². The summed E-state index contributed by atoms with van der Waals surface area (Å²) in [5.74, 6) is 1.08. The van der Waals surface area contributed by atoms with Crippen molar-refractivity contribution in [2.24, 2.45) is 0 Å². The zero-order valence-electron chi connectivity index (χ0n) is 14.2. The monoisotopic (exact) mass is 321 g/mol. The number of aryl methyl sites for hydroxylation is 2. The zero-order chi connectivity index (χ0) is 16.7. The first-order valence-electron chi connectivity index (χ1n) is 8.54. The van der Waals surface area contributed by atoms with Crippen LogP contribution in [0.3, 0.4) is 0 Å². The van der Waals surface area contributed by atoms with Crippen molar-refractivity contribution in [2.45, 2.75) is 58.8 Å². The maximum atomic E-state index is 11.9. The van der Waals surface area contributed by atoms with E-state index in [4.69, 9.17) is 4.52 Å². The van der Waals surface area contributed by atoms with E-state index in [9.17, 15) is 9.59 Å². The van der Waals surface area contributed by atoms with Crippen LogP contribution in [0.15, 0.2) is 4.52 Å². The van der Waals surface area contributed by atoms with Crippen LogP contribution in [-0.2, 0) is 16.0 Å². The minimum atomic E-state index is 0.0344. The van der Waals surface area contributed by atoms with Gasteiger partial charge in [0, 0.05) is 38.0 Å². The van der Waals surface area contributed by atoms with Gasteiger partial charge in [0.05, 0.1) is 5.69 Å². The highest BCUT2D eigenvalue weighted by Crippen LogP contribution is 2.14. The van der Waals surface area contributed by atoms with Gasteiger partial charge < -0.3 is 14.7 Å². The molecule has 0 atom stereocenters. The fraction of sp³-hybridized carbons (Fsp3) is 0.706. The van der Waals surface area contributed by atoms with Crippen LogP contribution in [0.2, 0.25) is 0 Å². The maximum Gasteiger partial charge on any atom is 0.222 e. The van der Waals surface area contributed by atoms with E-state index in [0.29, 0.717) is 25.8 Å². The average Bonchev–Trinajstić information content (AvgIpc) is 2.71. The molecular formula is C17H27N3O3. The molecule has 1 aromatic heterocycles. The molecule has 23 heavy (non-hydrogen) atoms. The number of hydrogen-bond acceptors (Lipinski definition) is 4. The molecule has 6 nitrogen and oxygen atoms in total. The number of rotatable bonds is 7. The molecular weight excluding hydrogens is 294 g/mol. The van der Waals surface area contributed by atoms with Crippen molar-refractivity contribution in [2.75, 3.05) is 19.6 Å². The number of aromatic nitrogens is 1. The van der Waals surface area contributed by atoms with E-state index < -0.39 is 0 Å². The molecule has 2 amide bonds. The molecule has 2 rings (SSSR count). The minimum absolute atomic E-state index is 0.0344. The molecule has 0 unspecified atom stereocenters. The molecule has 1 saturated heterocycles. The number of likely N-dealkylation sites (tertiary alicyclic amines) is 1. The number of amides is 2. The third kappa shape index (κ3) is 5.37. The van der Waals surface area contributed by atoms with E-state index in [0.717, 1.165) is 55.8 Å². The van der Waals surface area contributed by atoms with E-state index in [1.54, 1.807) is 0 Å². The third-order valence-corrected chi connectivity index (χ3v) is 4.38. The predicted molar refractivity (Wildman–Crippen MR) is 87.0 cm³/mol. The van der Waals surface area contributed by atoms with Gasteiger partial charge in [0.15, 0.2) is 0 Å². The maximum absolute atomic E-state index is 11.9. The summed E-state index contributed by atoms with van der Waals surface area (Å²) in [6, 6.07) is 0. The molecule has 1 aliphatic heterocycles. The Morgan fingerprint density at radius 2 is 2.13 bits per heavy atom.